The number of piperidine rings is 1. The van der Waals surface area contributed by atoms with Crippen LogP contribution in [0.3, 0.4) is 0 Å². The Kier molecular flexibility index (Phi) is 7.49. The van der Waals surface area contributed by atoms with Crippen molar-refractivity contribution >= 4 is 24.0 Å². The minimum atomic E-state index is 0. The van der Waals surface area contributed by atoms with Gasteiger partial charge in [0.25, 0.3) is 5.91 Å². The zero-order valence-electron chi connectivity index (χ0n) is 15.3. The molecule has 26 heavy (non-hydrogen) atoms. The van der Waals surface area contributed by atoms with Gasteiger partial charge in [0.1, 0.15) is 0 Å². The van der Waals surface area contributed by atoms with Crippen LogP contribution in [0.1, 0.15) is 35.7 Å². The summed E-state index contributed by atoms with van der Waals surface area (Å²) in [5.41, 5.74) is 9.16. The van der Waals surface area contributed by atoms with Crippen molar-refractivity contribution in [2.75, 3.05) is 24.5 Å². The van der Waals surface area contributed by atoms with Gasteiger partial charge in [0, 0.05) is 43.5 Å². The van der Waals surface area contributed by atoms with Crippen LogP contribution >= 0.6 is 12.4 Å². The third-order valence-electron chi connectivity index (χ3n) is 4.82. The molecule has 1 aliphatic rings. The molecule has 0 aromatic heterocycles. The van der Waals surface area contributed by atoms with Crippen LogP contribution in [0.4, 0.5) is 5.69 Å². The van der Waals surface area contributed by atoms with Gasteiger partial charge in [-0.2, -0.15) is 0 Å². The Balaban J connectivity index is 0.00000243. The second-order valence-electron chi connectivity index (χ2n) is 6.70. The molecule has 4 nitrogen and oxygen atoms in total. The molecule has 0 bridgehead atoms. The Labute approximate surface area is 162 Å². The standard InChI is InChI=1S/C21H27N3O.ClH/c1-2-23(15-17-7-4-3-5-8-17)20-12-10-18(11-13-20)21(25)24-14-6-9-19(22)16-24;/h3-5,7-8,10-13,19H,2,6,9,14-16,22H2,1H3;1H. The van der Waals surface area contributed by atoms with Crippen LogP contribution in [-0.2, 0) is 6.54 Å². The summed E-state index contributed by atoms with van der Waals surface area (Å²) in [5, 5.41) is 0. The maximum atomic E-state index is 12.6. The smallest absolute Gasteiger partial charge is 0.253 e. The third kappa shape index (κ3) is 4.99. The fourth-order valence-electron chi connectivity index (χ4n) is 3.38. The van der Waals surface area contributed by atoms with Crippen molar-refractivity contribution in [3.63, 3.8) is 0 Å². The van der Waals surface area contributed by atoms with E-state index in [1.54, 1.807) is 0 Å². The van der Waals surface area contributed by atoms with E-state index in [-0.39, 0.29) is 24.4 Å². The monoisotopic (exact) mass is 373 g/mol. The van der Waals surface area contributed by atoms with Crippen LogP contribution < -0.4 is 10.6 Å². The molecule has 5 heteroatoms. The number of halogens is 1. The van der Waals surface area contributed by atoms with Crippen LogP contribution in [0, 0.1) is 0 Å². The lowest BCUT2D eigenvalue weighted by Gasteiger charge is -2.31. The Morgan fingerprint density at radius 2 is 1.85 bits per heavy atom. The van der Waals surface area contributed by atoms with E-state index in [9.17, 15) is 4.79 Å². The lowest BCUT2D eigenvalue weighted by molar-refractivity contribution is 0.0709. The van der Waals surface area contributed by atoms with Crippen molar-refractivity contribution in [3.05, 3.63) is 65.7 Å². The molecular weight excluding hydrogens is 346 g/mol. The summed E-state index contributed by atoms with van der Waals surface area (Å²) in [4.78, 5) is 16.8. The number of nitrogens with two attached hydrogens (primary N) is 1. The number of carbonyl (C=O) groups excluding carboxylic acids is 1. The minimum absolute atomic E-state index is 0. The van der Waals surface area contributed by atoms with Crippen LogP contribution in [0.15, 0.2) is 54.6 Å². The summed E-state index contributed by atoms with van der Waals surface area (Å²) in [7, 11) is 0. The van der Waals surface area contributed by atoms with Crippen molar-refractivity contribution in [2.24, 2.45) is 5.73 Å². The minimum Gasteiger partial charge on any atom is -0.367 e. The first-order valence-corrected chi connectivity index (χ1v) is 9.11. The van der Waals surface area contributed by atoms with Crippen molar-refractivity contribution in [1.29, 1.82) is 0 Å². The van der Waals surface area contributed by atoms with Gasteiger partial charge in [-0.15, -0.1) is 12.4 Å². The van der Waals surface area contributed by atoms with Gasteiger partial charge in [0.15, 0.2) is 0 Å². The molecule has 0 spiro atoms. The highest BCUT2D eigenvalue weighted by Gasteiger charge is 2.22. The topological polar surface area (TPSA) is 49.6 Å². The van der Waals surface area contributed by atoms with E-state index in [0.29, 0.717) is 6.54 Å². The molecule has 3 rings (SSSR count). The molecule has 140 valence electrons. The number of hydrogen-bond acceptors (Lipinski definition) is 3. The molecule has 1 atom stereocenters. The zero-order chi connectivity index (χ0) is 17.6. The molecule has 2 aromatic carbocycles. The molecule has 2 aromatic rings. The number of rotatable bonds is 5. The van der Waals surface area contributed by atoms with Crippen LogP contribution in [0.2, 0.25) is 0 Å². The number of anilines is 1. The van der Waals surface area contributed by atoms with Gasteiger partial charge in [-0.1, -0.05) is 30.3 Å². The van der Waals surface area contributed by atoms with E-state index < -0.39 is 0 Å². The summed E-state index contributed by atoms with van der Waals surface area (Å²) in [6.45, 7) is 5.41. The van der Waals surface area contributed by atoms with Crippen molar-refractivity contribution in [1.82, 2.24) is 4.90 Å². The van der Waals surface area contributed by atoms with Gasteiger partial charge < -0.3 is 15.5 Å². The maximum Gasteiger partial charge on any atom is 0.253 e. The van der Waals surface area contributed by atoms with Crippen molar-refractivity contribution in [3.8, 4) is 0 Å². The molecule has 1 unspecified atom stereocenters. The average Bonchev–Trinajstić information content (AvgIpc) is 2.66. The number of benzene rings is 2. The zero-order valence-corrected chi connectivity index (χ0v) is 16.1. The van der Waals surface area contributed by atoms with Crippen LogP contribution in [0.5, 0.6) is 0 Å². The molecule has 1 amide bonds. The van der Waals surface area contributed by atoms with Crippen molar-refractivity contribution < 1.29 is 4.79 Å². The normalized spacial score (nSPS) is 16.7. The van der Waals surface area contributed by atoms with E-state index in [1.807, 2.05) is 35.2 Å². The lowest BCUT2D eigenvalue weighted by Crippen LogP contribution is -2.45. The summed E-state index contributed by atoms with van der Waals surface area (Å²) >= 11 is 0. The van der Waals surface area contributed by atoms with E-state index in [0.717, 1.165) is 43.7 Å². The molecule has 1 aliphatic heterocycles. The molecule has 0 saturated carbocycles. The first-order valence-electron chi connectivity index (χ1n) is 9.11. The SMILES string of the molecule is CCN(Cc1ccccc1)c1ccc(C(=O)N2CCCC(N)C2)cc1.Cl. The highest BCUT2D eigenvalue weighted by molar-refractivity contribution is 5.94. The number of nitrogens with zero attached hydrogens (tertiary/aromatic N) is 2. The van der Waals surface area contributed by atoms with Gasteiger partial charge in [0.2, 0.25) is 0 Å². The molecule has 1 saturated heterocycles. The quantitative estimate of drug-likeness (QED) is 0.869. The highest BCUT2D eigenvalue weighted by Crippen LogP contribution is 2.20. The Hall–Kier alpha value is -2.04. The van der Waals surface area contributed by atoms with Crippen LogP contribution in [-0.4, -0.2) is 36.5 Å². The van der Waals surface area contributed by atoms with E-state index >= 15 is 0 Å². The highest BCUT2D eigenvalue weighted by atomic mass is 35.5. The Morgan fingerprint density at radius 3 is 2.46 bits per heavy atom. The van der Waals surface area contributed by atoms with Gasteiger partial charge >= 0.3 is 0 Å². The van der Waals surface area contributed by atoms with Gasteiger partial charge in [-0.05, 0) is 49.6 Å². The van der Waals surface area contributed by atoms with E-state index in [1.165, 1.54) is 5.56 Å². The second-order valence-corrected chi connectivity index (χ2v) is 6.70. The predicted octanol–water partition coefficient (Wildman–Crippen LogP) is 3.70. The molecule has 0 radical (unpaired) electrons. The Morgan fingerprint density at radius 1 is 1.15 bits per heavy atom. The van der Waals surface area contributed by atoms with Gasteiger partial charge in [0.05, 0.1) is 0 Å². The fourth-order valence-corrected chi connectivity index (χ4v) is 3.38. The number of hydrogen-bond donors (Lipinski definition) is 1. The maximum absolute atomic E-state index is 12.6. The largest absolute Gasteiger partial charge is 0.367 e. The Bertz CT molecular complexity index is 690. The second kappa shape index (κ2) is 9.60. The number of carbonyl (C=O) groups is 1. The van der Waals surface area contributed by atoms with Crippen molar-refractivity contribution in [2.45, 2.75) is 32.4 Å². The molecule has 0 aliphatic carbocycles. The lowest BCUT2D eigenvalue weighted by atomic mass is 10.1. The van der Waals surface area contributed by atoms with Gasteiger partial charge in [-0.3, -0.25) is 4.79 Å². The van der Waals surface area contributed by atoms with Gasteiger partial charge in [-0.25, -0.2) is 0 Å². The van der Waals surface area contributed by atoms with Crippen LogP contribution in [0.25, 0.3) is 0 Å². The first-order chi connectivity index (χ1) is 12.2. The number of likely N-dealkylation sites (tertiary alicyclic amines) is 1. The first kappa shape index (κ1) is 20.3. The summed E-state index contributed by atoms with van der Waals surface area (Å²) in [5.74, 6) is 0.0906. The predicted molar refractivity (Wildman–Crippen MR) is 110 cm³/mol. The molecule has 2 N–H and O–H groups in total. The summed E-state index contributed by atoms with van der Waals surface area (Å²) in [6.07, 6.45) is 2.00. The summed E-state index contributed by atoms with van der Waals surface area (Å²) < 4.78 is 0. The summed E-state index contributed by atoms with van der Waals surface area (Å²) in [6, 6.07) is 18.5. The molecule has 1 fully saturated rings. The molecular formula is C21H28ClN3O. The van der Waals surface area contributed by atoms with E-state index in [2.05, 4.69) is 36.1 Å². The van der Waals surface area contributed by atoms with E-state index in [4.69, 9.17) is 5.73 Å². The number of amides is 1. The average molecular weight is 374 g/mol. The molecule has 1 heterocycles. The fraction of sp³-hybridized carbons (Fsp3) is 0.381. The third-order valence-corrected chi connectivity index (χ3v) is 4.82.